The Bertz CT molecular complexity index is 946. The monoisotopic (exact) mass is 433 g/mol. The van der Waals surface area contributed by atoms with E-state index in [1.807, 2.05) is 0 Å². The fourth-order valence-corrected chi connectivity index (χ4v) is 3.18. The third-order valence-corrected chi connectivity index (χ3v) is 4.63. The summed E-state index contributed by atoms with van der Waals surface area (Å²) >= 11 is 0. The Balaban J connectivity index is 2.13. The maximum absolute atomic E-state index is 13.7. The fourth-order valence-electron chi connectivity index (χ4n) is 3.18. The fraction of sp³-hybridized carbons (Fsp3) is 0.278. The first-order valence-corrected chi connectivity index (χ1v) is 8.34. The van der Waals surface area contributed by atoms with Crippen LogP contribution in [0.25, 0.3) is 0 Å². The minimum Gasteiger partial charge on any atom is -0.363 e. The highest BCUT2D eigenvalue weighted by molar-refractivity contribution is 6.00. The summed E-state index contributed by atoms with van der Waals surface area (Å²) in [6, 6.07) is 2.08. The number of nitrogens with zero attached hydrogens (tertiary/aromatic N) is 1. The number of nitrogens with one attached hydrogen (secondary N) is 2. The molecule has 1 aromatic carbocycles. The second kappa shape index (κ2) is 7.27. The lowest BCUT2D eigenvalue weighted by molar-refractivity contribution is -0.287. The molecular weight excluding hydrogens is 420 g/mol. The Morgan fingerprint density at radius 2 is 1.70 bits per heavy atom. The van der Waals surface area contributed by atoms with Crippen molar-refractivity contribution in [1.82, 2.24) is 15.6 Å². The van der Waals surface area contributed by atoms with Gasteiger partial charge in [0.05, 0.1) is 11.6 Å². The van der Waals surface area contributed by atoms with Crippen LogP contribution in [0.1, 0.15) is 27.5 Å². The number of urea groups is 1. The van der Waals surface area contributed by atoms with Crippen molar-refractivity contribution in [3.05, 3.63) is 65.5 Å². The molecule has 160 valence electrons. The molecule has 1 aromatic heterocycles. The lowest BCUT2D eigenvalue weighted by atomic mass is 9.77. The average molecular weight is 433 g/mol. The van der Waals surface area contributed by atoms with Crippen LogP contribution in [0.5, 0.6) is 0 Å². The van der Waals surface area contributed by atoms with Gasteiger partial charge in [-0.3, -0.25) is 9.78 Å². The topological polar surface area (TPSA) is 91.3 Å². The van der Waals surface area contributed by atoms with Crippen LogP contribution in [0.15, 0.2) is 48.8 Å². The van der Waals surface area contributed by atoms with Gasteiger partial charge < -0.3 is 15.7 Å². The highest BCUT2D eigenvalue weighted by Crippen LogP contribution is 2.44. The van der Waals surface area contributed by atoms with E-state index >= 15 is 0 Å². The van der Waals surface area contributed by atoms with Gasteiger partial charge in [0.2, 0.25) is 5.72 Å². The first-order valence-electron chi connectivity index (χ1n) is 8.34. The van der Waals surface area contributed by atoms with Gasteiger partial charge in [-0.15, -0.1) is 0 Å². The van der Waals surface area contributed by atoms with Crippen LogP contribution in [0.2, 0.25) is 0 Å². The lowest BCUT2D eigenvalue weighted by Crippen LogP contribution is -2.72. The summed E-state index contributed by atoms with van der Waals surface area (Å²) in [5.41, 5.74) is -5.58. The predicted molar refractivity (Wildman–Crippen MR) is 88.9 cm³/mol. The minimum absolute atomic E-state index is 0.234. The molecule has 2 aromatic rings. The Morgan fingerprint density at radius 3 is 2.20 bits per heavy atom. The SMILES string of the molecule is O=C1N[C@H](c2ccc(C(F)(F)F)cc2)[C@@H](C(=O)c2cccnc2)[C@](O)(C(F)(F)F)N1. The number of hydrogen-bond acceptors (Lipinski definition) is 4. The number of halogens is 6. The van der Waals surface area contributed by atoms with E-state index in [1.165, 1.54) is 17.6 Å². The number of pyridine rings is 1. The zero-order valence-electron chi connectivity index (χ0n) is 14.8. The maximum atomic E-state index is 13.7. The Kier molecular flexibility index (Phi) is 5.23. The van der Waals surface area contributed by atoms with Gasteiger partial charge in [0.15, 0.2) is 5.78 Å². The number of rotatable bonds is 3. The molecule has 0 unspecified atom stereocenters. The summed E-state index contributed by atoms with van der Waals surface area (Å²) in [7, 11) is 0. The predicted octanol–water partition coefficient (Wildman–Crippen LogP) is 3.20. The third-order valence-electron chi connectivity index (χ3n) is 4.63. The molecule has 1 saturated heterocycles. The molecule has 2 heterocycles. The summed E-state index contributed by atoms with van der Waals surface area (Å²) in [4.78, 5) is 28.4. The average Bonchev–Trinajstić information content (AvgIpc) is 2.66. The van der Waals surface area contributed by atoms with Crippen LogP contribution in [-0.4, -0.2) is 33.8 Å². The Morgan fingerprint density at radius 1 is 1.07 bits per heavy atom. The van der Waals surface area contributed by atoms with Gasteiger partial charge in [0, 0.05) is 18.0 Å². The molecule has 30 heavy (non-hydrogen) atoms. The molecule has 0 saturated carbocycles. The van der Waals surface area contributed by atoms with Gasteiger partial charge in [0.25, 0.3) is 0 Å². The molecule has 1 aliphatic heterocycles. The molecule has 0 radical (unpaired) electrons. The second-order valence-corrected chi connectivity index (χ2v) is 6.54. The highest BCUT2D eigenvalue weighted by atomic mass is 19.4. The molecule has 1 aliphatic rings. The summed E-state index contributed by atoms with van der Waals surface area (Å²) < 4.78 is 79.6. The third kappa shape index (κ3) is 3.82. The number of aromatic nitrogens is 1. The number of alkyl halides is 6. The first-order chi connectivity index (χ1) is 13.8. The molecular formula is C18H13F6N3O3. The smallest absolute Gasteiger partial charge is 0.363 e. The van der Waals surface area contributed by atoms with Crippen molar-refractivity contribution in [2.45, 2.75) is 24.1 Å². The highest BCUT2D eigenvalue weighted by Gasteiger charge is 2.66. The Hall–Kier alpha value is -3.15. The van der Waals surface area contributed by atoms with Crippen molar-refractivity contribution in [3.63, 3.8) is 0 Å². The first kappa shape index (κ1) is 21.6. The summed E-state index contributed by atoms with van der Waals surface area (Å²) in [5.74, 6) is -3.57. The normalized spacial score (nSPS) is 24.7. The van der Waals surface area contributed by atoms with Crippen LogP contribution in [0.4, 0.5) is 31.1 Å². The minimum atomic E-state index is -5.47. The van der Waals surface area contributed by atoms with Crippen molar-refractivity contribution in [2.75, 3.05) is 0 Å². The molecule has 0 aliphatic carbocycles. The van der Waals surface area contributed by atoms with E-state index in [2.05, 4.69) is 10.3 Å². The van der Waals surface area contributed by atoms with E-state index in [-0.39, 0.29) is 11.1 Å². The summed E-state index contributed by atoms with van der Waals surface area (Å²) in [6.45, 7) is 0. The van der Waals surface area contributed by atoms with Crippen molar-refractivity contribution in [3.8, 4) is 0 Å². The molecule has 3 rings (SSSR count). The van der Waals surface area contributed by atoms with Crippen molar-refractivity contribution in [2.24, 2.45) is 5.92 Å². The quantitative estimate of drug-likeness (QED) is 0.512. The van der Waals surface area contributed by atoms with Crippen LogP contribution in [0.3, 0.4) is 0 Å². The van der Waals surface area contributed by atoms with E-state index in [0.717, 1.165) is 24.4 Å². The Labute approximate surface area is 164 Å². The van der Waals surface area contributed by atoms with E-state index in [1.54, 1.807) is 0 Å². The molecule has 3 atom stereocenters. The van der Waals surface area contributed by atoms with Crippen molar-refractivity contribution < 1.29 is 41.0 Å². The van der Waals surface area contributed by atoms with E-state index in [0.29, 0.717) is 12.1 Å². The molecule has 0 spiro atoms. The number of ketones is 1. The molecule has 12 heteroatoms. The number of amides is 2. The standard InChI is InChI=1S/C18H13F6N3O3/c19-17(20,21)11-5-3-9(4-6-11)13-12(14(28)10-2-1-7-25-8-10)16(30,18(22,23)24)27-15(29)26-13/h1-8,12-13,30H,(H2,26,27,29)/t12-,13+,16-/m0/s1. The number of Topliss-reactive ketones (excluding diaryl/α,β-unsaturated/α-hetero) is 1. The molecule has 1 fully saturated rings. The van der Waals surface area contributed by atoms with Crippen molar-refractivity contribution >= 4 is 11.8 Å². The van der Waals surface area contributed by atoms with Crippen LogP contribution >= 0.6 is 0 Å². The number of carbonyl (C=O) groups is 2. The number of carbonyl (C=O) groups excluding carboxylic acids is 2. The zero-order valence-corrected chi connectivity index (χ0v) is 14.8. The number of aliphatic hydroxyl groups is 1. The maximum Gasteiger partial charge on any atom is 0.437 e. The number of hydrogen-bond donors (Lipinski definition) is 3. The molecule has 6 nitrogen and oxygen atoms in total. The van der Waals surface area contributed by atoms with Crippen molar-refractivity contribution in [1.29, 1.82) is 0 Å². The van der Waals surface area contributed by atoms with Gasteiger partial charge in [-0.1, -0.05) is 12.1 Å². The van der Waals surface area contributed by atoms with Gasteiger partial charge in [-0.25, -0.2) is 4.79 Å². The summed E-state index contributed by atoms with van der Waals surface area (Å²) in [6.07, 6.45) is -7.94. The molecule has 3 N–H and O–H groups in total. The van der Waals surface area contributed by atoms with Crippen LogP contribution < -0.4 is 10.6 Å². The summed E-state index contributed by atoms with van der Waals surface area (Å²) in [5, 5.41) is 13.8. The van der Waals surface area contributed by atoms with Crippen LogP contribution in [-0.2, 0) is 6.18 Å². The van der Waals surface area contributed by atoms with Gasteiger partial charge >= 0.3 is 18.4 Å². The number of benzene rings is 1. The van der Waals surface area contributed by atoms with Gasteiger partial charge in [-0.05, 0) is 29.8 Å². The van der Waals surface area contributed by atoms with E-state index < -0.39 is 47.4 Å². The lowest BCUT2D eigenvalue weighted by Gasteiger charge is -2.45. The van der Waals surface area contributed by atoms with Gasteiger partial charge in [-0.2, -0.15) is 26.3 Å². The van der Waals surface area contributed by atoms with Gasteiger partial charge in [0.1, 0.15) is 5.92 Å². The second-order valence-electron chi connectivity index (χ2n) is 6.54. The molecule has 0 bridgehead atoms. The van der Waals surface area contributed by atoms with E-state index in [4.69, 9.17) is 0 Å². The largest absolute Gasteiger partial charge is 0.437 e. The van der Waals surface area contributed by atoms with Crippen LogP contribution in [0, 0.1) is 5.92 Å². The van der Waals surface area contributed by atoms with E-state index in [9.17, 15) is 41.0 Å². The molecule has 2 amide bonds. The zero-order chi connectivity index (χ0) is 22.3.